The van der Waals surface area contributed by atoms with E-state index < -0.39 is 5.97 Å². The molecule has 0 aliphatic heterocycles. The average Bonchev–Trinajstić information content (AvgIpc) is 2.46. The van der Waals surface area contributed by atoms with Crippen molar-refractivity contribution in [2.45, 2.75) is 0 Å². The Kier molecular flexibility index (Phi) is 4.65. The second-order valence-corrected chi connectivity index (χ2v) is 4.31. The standard InChI is InChI=1S/C16H11ClO3/c17-14-11-13(16(18)19)8-9-15(14)20-10-4-7-12-5-2-1-3-6-12/h1-3,5-6,8-9,11H,10H2,(H,18,19). The van der Waals surface area contributed by atoms with Crippen LogP contribution in [0, 0.1) is 11.8 Å². The average molecular weight is 287 g/mol. The van der Waals surface area contributed by atoms with E-state index in [2.05, 4.69) is 11.8 Å². The summed E-state index contributed by atoms with van der Waals surface area (Å²) in [4.78, 5) is 10.8. The Morgan fingerprint density at radius 3 is 2.60 bits per heavy atom. The van der Waals surface area contributed by atoms with Crippen LogP contribution in [0.15, 0.2) is 48.5 Å². The van der Waals surface area contributed by atoms with Crippen LogP contribution in [0.25, 0.3) is 0 Å². The van der Waals surface area contributed by atoms with Crippen molar-refractivity contribution in [3.8, 4) is 17.6 Å². The molecule has 0 aromatic heterocycles. The van der Waals surface area contributed by atoms with Gasteiger partial charge in [-0.3, -0.25) is 0 Å². The maximum atomic E-state index is 10.8. The molecule has 0 radical (unpaired) electrons. The quantitative estimate of drug-likeness (QED) is 0.879. The lowest BCUT2D eigenvalue weighted by Gasteiger charge is -2.05. The van der Waals surface area contributed by atoms with Gasteiger partial charge in [0.2, 0.25) is 0 Å². The van der Waals surface area contributed by atoms with Crippen LogP contribution in [-0.4, -0.2) is 17.7 Å². The zero-order valence-corrected chi connectivity index (χ0v) is 11.2. The number of carboxylic acids is 1. The van der Waals surface area contributed by atoms with Crippen molar-refractivity contribution in [1.29, 1.82) is 0 Å². The number of hydrogen-bond acceptors (Lipinski definition) is 2. The van der Waals surface area contributed by atoms with Gasteiger partial charge >= 0.3 is 5.97 Å². The third-order valence-electron chi connectivity index (χ3n) is 2.49. The molecule has 3 nitrogen and oxygen atoms in total. The number of benzene rings is 2. The predicted octanol–water partition coefficient (Wildman–Crippen LogP) is 3.47. The number of ether oxygens (including phenoxy) is 1. The van der Waals surface area contributed by atoms with Gasteiger partial charge in [0.15, 0.2) is 0 Å². The largest absolute Gasteiger partial charge is 0.479 e. The molecule has 0 saturated carbocycles. The van der Waals surface area contributed by atoms with Gasteiger partial charge in [0, 0.05) is 5.56 Å². The Morgan fingerprint density at radius 1 is 1.20 bits per heavy atom. The number of rotatable bonds is 3. The molecule has 100 valence electrons. The molecule has 0 fully saturated rings. The van der Waals surface area contributed by atoms with Crippen molar-refractivity contribution in [1.82, 2.24) is 0 Å². The minimum absolute atomic E-state index is 0.123. The van der Waals surface area contributed by atoms with Crippen molar-refractivity contribution in [3.63, 3.8) is 0 Å². The molecule has 1 N–H and O–H groups in total. The molecule has 0 atom stereocenters. The molecular formula is C16H11ClO3. The van der Waals surface area contributed by atoms with Gasteiger partial charge in [-0.25, -0.2) is 4.79 Å². The lowest BCUT2D eigenvalue weighted by Crippen LogP contribution is -1.98. The Morgan fingerprint density at radius 2 is 1.95 bits per heavy atom. The summed E-state index contributed by atoms with van der Waals surface area (Å²) in [6.07, 6.45) is 0. The highest BCUT2D eigenvalue weighted by Gasteiger charge is 2.07. The number of halogens is 1. The molecular weight excluding hydrogens is 276 g/mol. The second kappa shape index (κ2) is 6.65. The number of carbonyl (C=O) groups is 1. The second-order valence-electron chi connectivity index (χ2n) is 3.91. The number of carboxylic acid groups (broad SMARTS) is 1. The first-order chi connectivity index (χ1) is 9.66. The SMILES string of the molecule is O=C(O)c1ccc(OCC#Cc2ccccc2)c(Cl)c1. The fraction of sp³-hybridized carbons (Fsp3) is 0.0625. The van der Waals surface area contributed by atoms with Crippen LogP contribution >= 0.6 is 11.6 Å². The van der Waals surface area contributed by atoms with Crippen molar-refractivity contribution in [2.24, 2.45) is 0 Å². The lowest BCUT2D eigenvalue weighted by atomic mass is 10.2. The van der Waals surface area contributed by atoms with E-state index in [4.69, 9.17) is 21.4 Å². The first kappa shape index (κ1) is 14.0. The molecule has 0 aliphatic carbocycles. The van der Waals surface area contributed by atoms with Gasteiger partial charge in [0.25, 0.3) is 0 Å². The Hall–Kier alpha value is -2.44. The molecule has 20 heavy (non-hydrogen) atoms. The maximum Gasteiger partial charge on any atom is 0.335 e. The minimum atomic E-state index is -1.03. The van der Waals surface area contributed by atoms with Crippen LogP contribution < -0.4 is 4.74 Å². The third-order valence-corrected chi connectivity index (χ3v) is 2.78. The Labute approximate surface area is 121 Å². The van der Waals surface area contributed by atoms with Gasteiger partial charge in [-0.1, -0.05) is 41.6 Å². The monoisotopic (exact) mass is 286 g/mol. The summed E-state index contributed by atoms with van der Waals surface area (Å²) in [5.41, 5.74) is 1.03. The third kappa shape index (κ3) is 3.78. The fourth-order valence-corrected chi connectivity index (χ4v) is 1.76. The highest BCUT2D eigenvalue weighted by Crippen LogP contribution is 2.25. The lowest BCUT2D eigenvalue weighted by molar-refractivity contribution is 0.0697. The molecule has 0 heterocycles. The van der Waals surface area contributed by atoms with Crippen molar-refractivity contribution in [2.75, 3.05) is 6.61 Å². The Balaban J connectivity index is 1.98. The minimum Gasteiger partial charge on any atom is -0.479 e. The van der Waals surface area contributed by atoms with Gasteiger partial charge in [-0.05, 0) is 30.3 Å². The molecule has 0 spiro atoms. The van der Waals surface area contributed by atoms with E-state index in [-0.39, 0.29) is 17.2 Å². The van der Waals surface area contributed by atoms with E-state index in [1.165, 1.54) is 18.2 Å². The maximum absolute atomic E-state index is 10.8. The van der Waals surface area contributed by atoms with Crippen LogP contribution in [0.1, 0.15) is 15.9 Å². The number of hydrogen-bond donors (Lipinski definition) is 1. The van der Waals surface area contributed by atoms with E-state index in [0.717, 1.165) is 5.56 Å². The van der Waals surface area contributed by atoms with Crippen LogP contribution in [0.4, 0.5) is 0 Å². The highest BCUT2D eigenvalue weighted by molar-refractivity contribution is 6.32. The summed E-state index contributed by atoms with van der Waals surface area (Å²) in [5, 5.41) is 9.07. The molecule has 2 aromatic rings. The summed E-state index contributed by atoms with van der Waals surface area (Å²) in [6.45, 7) is 0.182. The van der Waals surface area contributed by atoms with E-state index in [1.807, 2.05) is 30.3 Å². The summed E-state index contributed by atoms with van der Waals surface area (Å²) in [6, 6.07) is 13.9. The fourth-order valence-electron chi connectivity index (χ4n) is 1.52. The van der Waals surface area contributed by atoms with Gasteiger partial charge < -0.3 is 9.84 Å². The zero-order chi connectivity index (χ0) is 14.4. The van der Waals surface area contributed by atoms with E-state index in [9.17, 15) is 4.79 Å². The van der Waals surface area contributed by atoms with Crippen LogP contribution in [0.5, 0.6) is 5.75 Å². The summed E-state index contributed by atoms with van der Waals surface area (Å²) in [5.74, 6) is 5.21. The number of aromatic carboxylic acids is 1. The van der Waals surface area contributed by atoms with Crippen LogP contribution in [0.2, 0.25) is 5.02 Å². The Bertz CT molecular complexity index is 669. The van der Waals surface area contributed by atoms with E-state index >= 15 is 0 Å². The molecule has 2 rings (SSSR count). The van der Waals surface area contributed by atoms with Crippen molar-refractivity contribution < 1.29 is 14.6 Å². The van der Waals surface area contributed by atoms with Gasteiger partial charge in [0.05, 0.1) is 10.6 Å². The molecule has 0 saturated heterocycles. The molecule has 0 aliphatic rings. The molecule has 0 amide bonds. The van der Waals surface area contributed by atoms with Crippen molar-refractivity contribution >= 4 is 17.6 Å². The smallest absolute Gasteiger partial charge is 0.335 e. The topological polar surface area (TPSA) is 46.5 Å². The van der Waals surface area contributed by atoms with E-state index in [0.29, 0.717) is 5.75 Å². The summed E-state index contributed by atoms with van der Waals surface area (Å²) < 4.78 is 5.39. The van der Waals surface area contributed by atoms with Gasteiger partial charge in [-0.15, -0.1) is 0 Å². The van der Waals surface area contributed by atoms with E-state index in [1.54, 1.807) is 0 Å². The predicted molar refractivity (Wildman–Crippen MR) is 77.2 cm³/mol. The van der Waals surface area contributed by atoms with Crippen molar-refractivity contribution in [3.05, 3.63) is 64.7 Å². The molecule has 0 bridgehead atoms. The first-order valence-corrected chi connectivity index (χ1v) is 6.24. The zero-order valence-electron chi connectivity index (χ0n) is 10.5. The molecule has 4 heteroatoms. The normalized spacial score (nSPS) is 9.45. The summed E-state index contributed by atoms with van der Waals surface area (Å²) in [7, 11) is 0. The molecule has 2 aromatic carbocycles. The first-order valence-electron chi connectivity index (χ1n) is 5.86. The highest BCUT2D eigenvalue weighted by atomic mass is 35.5. The molecule has 0 unspecified atom stereocenters. The van der Waals surface area contributed by atoms with Gasteiger partial charge in [-0.2, -0.15) is 0 Å². The van der Waals surface area contributed by atoms with Crippen LogP contribution in [-0.2, 0) is 0 Å². The van der Waals surface area contributed by atoms with Gasteiger partial charge in [0.1, 0.15) is 12.4 Å². The van der Waals surface area contributed by atoms with Crippen LogP contribution in [0.3, 0.4) is 0 Å². The summed E-state index contributed by atoms with van der Waals surface area (Å²) >= 11 is 5.93.